The summed E-state index contributed by atoms with van der Waals surface area (Å²) in [5.41, 5.74) is 9.51. The normalized spacial score (nSPS) is 13.0. The summed E-state index contributed by atoms with van der Waals surface area (Å²) in [6.07, 6.45) is 0. The molecule has 2 heteroatoms. The summed E-state index contributed by atoms with van der Waals surface area (Å²) in [5, 5.41) is 0. The van der Waals surface area contributed by atoms with E-state index in [4.69, 9.17) is 5.73 Å². The molecule has 15 heavy (non-hydrogen) atoms. The Kier molecular flexibility index (Phi) is 3.18. The number of nitrogens with zero attached hydrogens (tertiary/aromatic N) is 1. The van der Waals surface area contributed by atoms with Gasteiger partial charge in [0.05, 0.1) is 0 Å². The van der Waals surface area contributed by atoms with E-state index < -0.39 is 0 Å². The minimum absolute atomic E-state index is 0.149. The lowest BCUT2D eigenvalue weighted by atomic mass is 9.85. The van der Waals surface area contributed by atoms with Gasteiger partial charge >= 0.3 is 0 Å². The predicted molar refractivity (Wildman–Crippen MR) is 66.5 cm³/mol. The first-order valence-corrected chi connectivity index (χ1v) is 5.20. The van der Waals surface area contributed by atoms with Crippen molar-refractivity contribution in [3.63, 3.8) is 0 Å². The van der Waals surface area contributed by atoms with Crippen LogP contribution in [0.4, 0.5) is 0 Å². The molecule has 0 aliphatic carbocycles. The van der Waals surface area contributed by atoms with Crippen LogP contribution in [0, 0.1) is 6.92 Å². The third-order valence-corrected chi connectivity index (χ3v) is 2.62. The van der Waals surface area contributed by atoms with Crippen molar-refractivity contribution in [2.75, 3.05) is 7.05 Å². The second kappa shape index (κ2) is 4.05. The fraction of sp³-hybridized carbons (Fsp3) is 0.462. The van der Waals surface area contributed by atoms with Gasteiger partial charge in [0, 0.05) is 12.6 Å². The van der Waals surface area contributed by atoms with Gasteiger partial charge in [0.15, 0.2) is 0 Å². The first kappa shape index (κ1) is 11.8. The Balaban J connectivity index is 3.29. The van der Waals surface area contributed by atoms with E-state index in [-0.39, 0.29) is 5.41 Å². The molecule has 1 rings (SSSR count). The molecule has 0 fully saturated rings. The Hall–Kier alpha value is -1.31. The first-order valence-electron chi connectivity index (χ1n) is 5.20. The quantitative estimate of drug-likeness (QED) is 0.554. The van der Waals surface area contributed by atoms with Gasteiger partial charge in [-0.25, -0.2) is 0 Å². The molecule has 0 unspecified atom stereocenters. The van der Waals surface area contributed by atoms with Gasteiger partial charge in [-0.3, -0.25) is 4.99 Å². The van der Waals surface area contributed by atoms with Crippen LogP contribution in [-0.2, 0) is 5.41 Å². The largest absolute Gasteiger partial charge is 0.384 e. The molecule has 0 saturated carbocycles. The van der Waals surface area contributed by atoms with Crippen LogP contribution >= 0.6 is 0 Å². The molecule has 2 N–H and O–H groups in total. The number of nitrogens with two attached hydrogens (primary N) is 1. The zero-order chi connectivity index (χ0) is 11.6. The number of benzene rings is 1. The standard InChI is InChI=1S/C13H20N2/c1-9-6-7-10(13(2,3)4)8-11(9)12(14)15-5/h6-8H,1-5H3,(H2,14,15). The molecule has 0 atom stereocenters. The van der Waals surface area contributed by atoms with Crippen LogP contribution in [0.1, 0.15) is 37.5 Å². The highest BCUT2D eigenvalue weighted by molar-refractivity contribution is 5.98. The average Bonchev–Trinajstić information content (AvgIpc) is 2.15. The molecule has 0 saturated heterocycles. The summed E-state index contributed by atoms with van der Waals surface area (Å²) in [4.78, 5) is 4.04. The fourth-order valence-corrected chi connectivity index (χ4v) is 1.48. The van der Waals surface area contributed by atoms with Crippen molar-refractivity contribution in [3.05, 3.63) is 34.9 Å². The van der Waals surface area contributed by atoms with Crippen molar-refractivity contribution in [2.24, 2.45) is 10.7 Å². The maximum atomic E-state index is 5.86. The molecule has 2 nitrogen and oxygen atoms in total. The van der Waals surface area contributed by atoms with Crippen molar-refractivity contribution >= 4 is 5.84 Å². The highest BCUT2D eigenvalue weighted by Gasteiger charge is 2.15. The SMILES string of the molecule is CN=C(N)c1cc(C(C)(C)C)ccc1C. The molecular weight excluding hydrogens is 184 g/mol. The average molecular weight is 204 g/mol. The second-order valence-electron chi connectivity index (χ2n) is 4.89. The number of rotatable bonds is 1. The summed E-state index contributed by atoms with van der Waals surface area (Å²) in [5.74, 6) is 0.610. The van der Waals surface area contributed by atoms with Crippen molar-refractivity contribution in [1.29, 1.82) is 0 Å². The van der Waals surface area contributed by atoms with Crippen molar-refractivity contribution < 1.29 is 0 Å². The van der Waals surface area contributed by atoms with Gasteiger partial charge < -0.3 is 5.73 Å². The maximum Gasteiger partial charge on any atom is 0.125 e. The third-order valence-electron chi connectivity index (χ3n) is 2.62. The molecule has 0 heterocycles. The van der Waals surface area contributed by atoms with E-state index in [1.54, 1.807) is 7.05 Å². The fourth-order valence-electron chi connectivity index (χ4n) is 1.48. The highest BCUT2D eigenvalue weighted by Crippen LogP contribution is 2.24. The molecule has 0 aromatic heterocycles. The predicted octanol–water partition coefficient (Wildman–Crippen LogP) is 2.63. The van der Waals surface area contributed by atoms with Gasteiger partial charge in [0.25, 0.3) is 0 Å². The van der Waals surface area contributed by atoms with E-state index >= 15 is 0 Å². The lowest BCUT2D eigenvalue weighted by Gasteiger charge is -2.20. The molecule has 0 aliphatic heterocycles. The van der Waals surface area contributed by atoms with Crippen molar-refractivity contribution in [2.45, 2.75) is 33.1 Å². The van der Waals surface area contributed by atoms with Crippen molar-refractivity contribution in [1.82, 2.24) is 0 Å². The minimum atomic E-state index is 0.149. The van der Waals surface area contributed by atoms with Gasteiger partial charge in [-0.1, -0.05) is 32.9 Å². The summed E-state index contributed by atoms with van der Waals surface area (Å²) in [7, 11) is 1.72. The van der Waals surface area contributed by atoms with E-state index in [0.717, 1.165) is 5.56 Å². The van der Waals surface area contributed by atoms with Gasteiger partial charge in [0.1, 0.15) is 5.84 Å². The molecule has 0 spiro atoms. The van der Waals surface area contributed by atoms with Crippen molar-refractivity contribution in [3.8, 4) is 0 Å². The highest BCUT2D eigenvalue weighted by atomic mass is 14.8. The van der Waals surface area contributed by atoms with E-state index in [1.807, 2.05) is 0 Å². The molecule has 82 valence electrons. The van der Waals surface area contributed by atoms with Crippen LogP contribution < -0.4 is 5.73 Å². The zero-order valence-corrected chi connectivity index (χ0v) is 10.3. The van der Waals surface area contributed by atoms with E-state index in [9.17, 15) is 0 Å². The summed E-state index contributed by atoms with van der Waals surface area (Å²) in [6.45, 7) is 8.64. The molecule has 0 amide bonds. The smallest absolute Gasteiger partial charge is 0.125 e. The summed E-state index contributed by atoms with van der Waals surface area (Å²) in [6, 6.07) is 6.40. The van der Waals surface area contributed by atoms with E-state index in [0.29, 0.717) is 5.84 Å². The number of hydrogen-bond acceptors (Lipinski definition) is 1. The molecule has 0 bridgehead atoms. The lowest BCUT2D eigenvalue weighted by molar-refractivity contribution is 0.590. The Morgan fingerprint density at radius 2 is 1.87 bits per heavy atom. The maximum absolute atomic E-state index is 5.86. The second-order valence-corrected chi connectivity index (χ2v) is 4.89. The van der Waals surface area contributed by atoms with Crippen LogP contribution in [0.3, 0.4) is 0 Å². The monoisotopic (exact) mass is 204 g/mol. The molecular formula is C13H20N2. The molecule has 1 aromatic rings. The number of hydrogen-bond donors (Lipinski definition) is 1. The molecule has 0 aliphatic rings. The van der Waals surface area contributed by atoms with Crippen LogP contribution in [0.2, 0.25) is 0 Å². The van der Waals surface area contributed by atoms with E-state index in [1.165, 1.54) is 11.1 Å². The summed E-state index contributed by atoms with van der Waals surface area (Å²) < 4.78 is 0. The van der Waals surface area contributed by atoms with Gasteiger partial charge in [-0.05, 0) is 29.5 Å². The number of aliphatic imine (C=N–C) groups is 1. The minimum Gasteiger partial charge on any atom is -0.384 e. The third kappa shape index (κ3) is 2.58. The first-order chi connectivity index (χ1) is 6.86. The Morgan fingerprint density at radius 1 is 1.27 bits per heavy atom. The van der Waals surface area contributed by atoms with Crippen LogP contribution in [0.25, 0.3) is 0 Å². The topological polar surface area (TPSA) is 38.4 Å². The molecule has 1 aromatic carbocycles. The van der Waals surface area contributed by atoms with E-state index in [2.05, 4.69) is 50.9 Å². The molecule has 0 radical (unpaired) electrons. The summed E-state index contributed by atoms with van der Waals surface area (Å²) >= 11 is 0. The van der Waals surface area contributed by atoms with Crippen LogP contribution in [0.15, 0.2) is 23.2 Å². The van der Waals surface area contributed by atoms with Crippen LogP contribution in [-0.4, -0.2) is 12.9 Å². The Bertz CT molecular complexity index is 384. The lowest BCUT2D eigenvalue weighted by Crippen LogP contribution is -2.17. The number of amidine groups is 1. The zero-order valence-electron chi connectivity index (χ0n) is 10.3. The van der Waals surface area contributed by atoms with Gasteiger partial charge in [0.2, 0.25) is 0 Å². The van der Waals surface area contributed by atoms with Gasteiger partial charge in [-0.2, -0.15) is 0 Å². The van der Waals surface area contributed by atoms with Crippen LogP contribution in [0.5, 0.6) is 0 Å². The van der Waals surface area contributed by atoms with Gasteiger partial charge in [-0.15, -0.1) is 0 Å². The number of aryl methyl sites for hydroxylation is 1. The Labute approximate surface area is 92.2 Å². The Morgan fingerprint density at radius 3 is 2.33 bits per heavy atom.